The molecule has 0 aliphatic heterocycles. The van der Waals surface area contributed by atoms with E-state index in [0.29, 0.717) is 0 Å². The summed E-state index contributed by atoms with van der Waals surface area (Å²) in [6.07, 6.45) is 1.21. The van der Waals surface area contributed by atoms with Gasteiger partial charge in [0.05, 0.1) is 11.9 Å². The van der Waals surface area contributed by atoms with Crippen LogP contribution in [0.1, 0.15) is 11.1 Å². The summed E-state index contributed by atoms with van der Waals surface area (Å²) in [5.74, 6) is -1.48. The van der Waals surface area contributed by atoms with Gasteiger partial charge in [0.25, 0.3) is 0 Å². The number of benzene rings is 3. The van der Waals surface area contributed by atoms with Crippen LogP contribution in [0.5, 0.6) is 0 Å². The summed E-state index contributed by atoms with van der Waals surface area (Å²) in [6.45, 7) is -0.481. The van der Waals surface area contributed by atoms with Crippen LogP contribution in [0.2, 0.25) is 0 Å². The van der Waals surface area contributed by atoms with Crippen LogP contribution >= 0.6 is 15.9 Å². The normalized spacial score (nSPS) is 12.0. The first-order chi connectivity index (χ1) is 17.1. The number of hydrogen-bond acceptors (Lipinski definition) is 4. The maximum atomic E-state index is 13.7. The third kappa shape index (κ3) is 7.38. The van der Waals surface area contributed by atoms with Gasteiger partial charge in [-0.05, 0) is 47.5 Å². The molecule has 36 heavy (non-hydrogen) atoms. The lowest BCUT2D eigenvalue weighted by Gasteiger charge is -2.33. The Kier molecular flexibility index (Phi) is 9.22. The molecule has 190 valence electrons. The van der Waals surface area contributed by atoms with Crippen LogP contribution in [-0.2, 0) is 32.6 Å². The molecule has 1 atom stereocenters. The largest absolute Gasteiger partial charge is 0.357 e. The Morgan fingerprint density at radius 3 is 2.19 bits per heavy atom. The maximum Gasteiger partial charge on any atom is 0.244 e. The van der Waals surface area contributed by atoms with Crippen LogP contribution in [0.15, 0.2) is 83.3 Å². The standard InChI is InChI=1S/C26H27BrFN3O4S/c1-29-26(33)24(16-19-7-4-3-5-8-19)30(17-20-9-6-10-21(27)15-20)25(32)18-31(36(2,34)35)23-13-11-22(28)12-14-23/h3-15,24H,16-18H2,1-2H3,(H,29,33)/t24-/m0/s1. The Hall–Kier alpha value is -3.24. The van der Waals surface area contributed by atoms with E-state index in [4.69, 9.17) is 0 Å². The molecular formula is C26H27BrFN3O4S. The van der Waals surface area contributed by atoms with Gasteiger partial charge in [0, 0.05) is 24.5 Å². The molecule has 1 N–H and O–H groups in total. The van der Waals surface area contributed by atoms with E-state index in [1.807, 2.05) is 54.6 Å². The lowest BCUT2D eigenvalue weighted by atomic mass is 10.0. The Morgan fingerprint density at radius 2 is 1.61 bits per heavy atom. The molecule has 0 aromatic heterocycles. The van der Waals surface area contributed by atoms with Crippen LogP contribution in [0, 0.1) is 5.82 Å². The first-order valence-corrected chi connectivity index (χ1v) is 13.8. The van der Waals surface area contributed by atoms with Crippen LogP contribution < -0.4 is 9.62 Å². The highest BCUT2D eigenvalue weighted by molar-refractivity contribution is 9.10. The van der Waals surface area contributed by atoms with E-state index in [-0.39, 0.29) is 24.6 Å². The number of sulfonamides is 1. The number of halogens is 2. The van der Waals surface area contributed by atoms with Gasteiger partial charge < -0.3 is 10.2 Å². The number of nitrogens with zero attached hydrogens (tertiary/aromatic N) is 2. The average Bonchev–Trinajstić information content (AvgIpc) is 2.84. The summed E-state index contributed by atoms with van der Waals surface area (Å²) in [5, 5.41) is 2.62. The molecule has 0 aliphatic carbocycles. The highest BCUT2D eigenvalue weighted by Crippen LogP contribution is 2.21. The minimum atomic E-state index is -3.89. The molecule has 0 unspecified atom stereocenters. The van der Waals surface area contributed by atoms with Crippen molar-refractivity contribution in [3.05, 3.63) is 100 Å². The van der Waals surface area contributed by atoms with E-state index in [1.165, 1.54) is 24.1 Å². The lowest BCUT2D eigenvalue weighted by Crippen LogP contribution is -2.52. The van der Waals surface area contributed by atoms with Gasteiger partial charge in [0.15, 0.2) is 0 Å². The zero-order valence-corrected chi connectivity index (χ0v) is 22.3. The summed E-state index contributed by atoms with van der Waals surface area (Å²) in [5.41, 5.74) is 1.75. The number of nitrogens with one attached hydrogen (secondary N) is 1. The highest BCUT2D eigenvalue weighted by atomic mass is 79.9. The predicted octanol–water partition coefficient (Wildman–Crippen LogP) is 3.74. The van der Waals surface area contributed by atoms with Gasteiger partial charge in [-0.3, -0.25) is 13.9 Å². The molecule has 0 saturated carbocycles. The van der Waals surface area contributed by atoms with Gasteiger partial charge in [-0.15, -0.1) is 0 Å². The van der Waals surface area contributed by atoms with Gasteiger partial charge >= 0.3 is 0 Å². The molecule has 0 bridgehead atoms. The number of anilines is 1. The number of amides is 2. The van der Waals surface area contributed by atoms with Crippen LogP contribution in [-0.4, -0.2) is 51.0 Å². The van der Waals surface area contributed by atoms with E-state index in [9.17, 15) is 22.4 Å². The topological polar surface area (TPSA) is 86.8 Å². The van der Waals surface area contributed by atoms with Gasteiger partial charge in [-0.25, -0.2) is 12.8 Å². The fourth-order valence-electron chi connectivity index (χ4n) is 3.77. The zero-order valence-electron chi connectivity index (χ0n) is 19.9. The van der Waals surface area contributed by atoms with E-state index in [1.54, 1.807) is 0 Å². The molecule has 7 nitrogen and oxygen atoms in total. The summed E-state index contributed by atoms with van der Waals surface area (Å²) in [4.78, 5) is 28.1. The number of hydrogen-bond donors (Lipinski definition) is 1. The number of carbonyl (C=O) groups is 2. The number of rotatable bonds is 10. The molecule has 3 rings (SSSR count). The van der Waals surface area contributed by atoms with Crippen LogP contribution in [0.3, 0.4) is 0 Å². The fraction of sp³-hybridized carbons (Fsp3) is 0.231. The zero-order chi connectivity index (χ0) is 26.3. The fourth-order valence-corrected chi connectivity index (χ4v) is 5.07. The van der Waals surface area contributed by atoms with Crippen LogP contribution in [0.25, 0.3) is 0 Å². The molecule has 10 heteroatoms. The first-order valence-electron chi connectivity index (χ1n) is 11.1. The predicted molar refractivity (Wildman–Crippen MR) is 141 cm³/mol. The Balaban J connectivity index is 2.02. The molecular weight excluding hydrogens is 549 g/mol. The Morgan fingerprint density at radius 1 is 0.972 bits per heavy atom. The summed E-state index contributed by atoms with van der Waals surface area (Å²) in [6, 6.07) is 20.5. The van der Waals surface area contributed by atoms with Crippen molar-refractivity contribution in [3.63, 3.8) is 0 Å². The molecule has 3 aromatic rings. The van der Waals surface area contributed by atoms with E-state index < -0.39 is 34.3 Å². The lowest BCUT2D eigenvalue weighted by molar-refractivity contribution is -0.139. The summed E-state index contributed by atoms with van der Waals surface area (Å²) >= 11 is 3.42. The van der Waals surface area contributed by atoms with Gasteiger partial charge in [-0.1, -0.05) is 58.4 Å². The smallest absolute Gasteiger partial charge is 0.244 e. The molecule has 0 aliphatic rings. The van der Waals surface area contributed by atoms with Crippen molar-refractivity contribution in [2.75, 3.05) is 24.2 Å². The molecule has 3 aromatic carbocycles. The van der Waals surface area contributed by atoms with Crippen molar-refractivity contribution in [3.8, 4) is 0 Å². The van der Waals surface area contributed by atoms with Crippen molar-refractivity contribution in [1.29, 1.82) is 0 Å². The number of carbonyl (C=O) groups excluding carboxylic acids is 2. The molecule has 0 spiro atoms. The van der Waals surface area contributed by atoms with Gasteiger partial charge in [0.1, 0.15) is 18.4 Å². The second-order valence-electron chi connectivity index (χ2n) is 8.22. The Bertz CT molecular complexity index is 1300. The van der Waals surface area contributed by atoms with Crippen LogP contribution in [0.4, 0.5) is 10.1 Å². The first kappa shape index (κ1) is 27.3. The molecule has 0 fully saturated rings. The summed E-state index contributed by atoms with van der Waals surface area (Å²) in [7, 11) is -2.40. The van der Waals surface area contributed by atoms with Crippen molar-refractivity contribution in [2.45, 2.75) is 19.0 Å². The molecule has 2 amide bonds. The van der Waals surface area contributed by atoms with E-state index in [2.05, 4.69) is 21.2 Å². The third-order valence-corrected chi connectivity index (χ3v) is 7.19. The van der Waals surface area contributed by atoms with Crippen molar-refractivity contribution >= 4 is 43.5 Å². The van der Waals surface area contributed by atoms with Crippen molar-refractivity contribution in [2.24, 2.45) is 0 Å². The van der Waals surface area contributed by atoms with E-state index in [0.717, 1.165) is 38.3 Å². The minimum Gasteiger partial charge on any atom is -0.357 e. The molecule has 0 saturated heterocycles. The summed E-state index contributed by atoms with van der Waals surface area (Å²) < 4.78 is 40.4. The highest BCUT2D eigenvalue weighted by Gasteiger charge is 2.32. The van der Waals surface area contributed by atoms with Crippen molar-refractivity contribution < 1.29 is 22.4 Å². The quantitative estimate of drug-likeness (QED) is 0.399. The average molecular weight is 576 g/mol. The second-order valence-corrected chi connectivity index (χ2v) is 11.0. The number of likely N-dealkylation sites (N-methyl/N-ethyl adjacent to an activating group) is 1. The maximum absolute atomic E-state index is 13.7. The SMILES string of the molecule is CNC(=O)[C@H](Cc1ccccc1)N(Cc1cccc(Br)c1)C(=O)CN(c1ccc(F)cc1)S(C)(=O)=O. The monoisotopic (exact) mass is 575 g/mol. The second kappa shape index (κ2) is 12.1. The van der Waals surface area contributed by atoms with Crippen molar-refractivity contribution in [1.82, 2.24) is 10.2 Å². The minimum absolute atomic E-state index is 0.0736. The third-order valence-electron chi connectivity index (χ3n) is 5.55. The van der Waals surface area contributed by atoms with Gasteiger partial charge in [-0.2, -0.15) is 0 Å². The molecule has 0 radical (unpaired) electrons. The van der Waals surface area contributed by atoms with E-state index >= 15 is 0 Å². The van der Waals surface area contributed by atoms with Gasteiger partial charge in [0.2, 0.25) is 21.8 Å². The Labute approximate surface area is 219 Å². The molecule has 0 heterocycles.